The van der Waals surface area contributed by atoms with Gasteiger partial charge in [0.1, 0.15) is 0 Å². The van der Waals surface area contributed by atoms with Gasteiger partial charge in [0.15, 0.2) is 0 Å². The van der Waals surface area contributed by atoms with Crippen molar-refractivity contribution in [2.45, 2.75) is 26.3 Å². The van der Waals surface area contributed by atoms with Gasteiger partial charge in [-0.25, -0.2) is 4.98 Å². The molecule has 0 radical (unpaired) electrons. The average molecular weight is 153 g/mol. The molecule has 0 amide bonds. The van der Waals surface area contributed by atoms with Gasteiger partial charge in [0, 0.05) is 12.7 Å². The molecule has 1 heterocycles. The minimum atomic E-state index is 0.749. The van der Waals surface area contributed by atoms with Crippen LogP contribution in [0.25, 0.3) is 0 Å². The lowest BCUT2D eigenvalue weighted by molar-refractivity contribution is 0.758. The van der Waals surface area contributed by atoms with Gasteiger partial charge in [-0.15, -0.1) is 0 Å². The van der Waals surface area contributed by atoms with E-state index in [0.29, 0.717) is 0 Å². The zero-order valence-corrected chi connectivity index (χ0v) is 6.95. The molecule has 0 aromatic carbocycles. The molecule has 2 N–H and O–H groups in total. The van der Waals surface area contributed by atoms with Crippen molar-refractivity contribution in [1.29, 1.82) is 0 Å². The van der Waals surface area contributed by atoms with Crippen molar-refractivity contribution in [3.05, 3.63) is 18.2 Å². The zero-order valence-electron chi connectivity index (χ0n) is 6.95. The zero-order chi connectivity index (χ0) is 8.10. The van der Waals surface area contributed by atoms with Gasteiger partial charge in [-0.3, -0.25) is 0 Å². The van der Waals surface area contributed by atoms with Gasteiger partial charge in [0.25, 0.3) is 0 Å². The second-order valence-corrected chi connectivity index (χ2v) is 2.59. The van der Waals surface area contributed by atoms with Crippen LogP contribution in [0.2, 0.25) is 0 Å². The molecule has 1 rings (SSSR count). The summed E-state index contributed by atoms with van der Waals surface area (Å²) in [7, 11) is 0. The van der Waals surface area contributed by atoms with Crippen LogP contribution in [-0.4, -0.2) is 16.1 Å². The van der Waals surface area contributed by atoms with E-state index in [1.807, 2.05) is 6.33 Å². The number of hydrogen-bond acceptors (Lipinski definition) is 2. The number of aromatic nitrogens is 2. The van der Waals surface area contributed by atoms with Crippen LogP contribution in [0, 0.1) is 0 Å². The molecular weight excluding hydrogens is 138 g/mol. The van der Waals surface area contributed by atoms with Crippen LogP contribution >= 0.6 is 0 Å². The van der Waals surface area contributed by atoms with E-state index in [1.165, 1.54) is 0 Å². The third-order valence-electron chi connectivity index (χ3n) is 1.69. The summed E-state index contributed by atoms with van der Waals surface area (Å²) in [5.41, 5.74) is 6.53. The monoisotopic (exact) mass is 153 g/mol. The van der Waals surface area contributed by atoms with Gasteiger partial charge >= 0.3 is 0 Å². The second-order valence-electron chi connectivity index (χ2n) is 2.59. The van der Waals surface area contributed by atoms with Crippen molar-refractivity contribution < 1.29 is 0 Å². The molecule has 1 aromatic heterocycles. The van der Waals surface area contributed by atoms with Crippen LogP contribution in [0.3, 0.4) is 0 Å². The van der Waals surface area contributed by atoms with Crippen LogP contribution in [0.5, 0.6) is 0 Å². The first-order chi connectivity index (χ1) is 5.36. The fraction of sp³-hybridized carbons (Fsp3) is 0.625. The van der Waals surface area contributed by atoms with E-state index < -0.39 is 0 Å². The van der Waals surface area contributed by atoms with E-state index in [2.05, 4.69) is 22.7 Å². The Morgan fingerprint density at radius 3 is 3.00 bits per heavy atom. The first-order valence-corrected chi connectivity index (χ1v) is 4.07. The normalized spacial score (nSPS) is 10.4. The van der Waals surface area contributed by atoms with Crippen molar-refractivity contribution >= 4 is 0 Å². The molecule has 0 atom stereocenters. The number of aryl methyl sites for hydroxylation is 2. The van der Waals surface area contributed by atoms with Crippen LogP contribution in [0.15, 0.2) is 12.5 Å². The van der Waals surface area contributed by atoms with E-state index in [9.17, 15) is 0 Å². The van der Waals surface area contributed by atoms with E-state index in [4.69, 9.17) is 5.73 Å². The Kier molecular flexibility index (Phi) is 3.11. The van der Waals surface area contributed by atoms with Crippen molar-refractivity contribution in [3.63, 3.8) is 0 Å². The van der Waals surface area contributed by atoms with E-state index in [-0.39, 0.29) is 0 Å². The third-order valence-corrected chi connectivity index (χ3v) is 1.69. The lowest BCUT2D eigenvalue weighted by Crippen LogP contribution is -2.00. The fourth-order valence-corrected chi connectivity index (χ4v) is 0.992. The highest BCUT2D eigenvalue weighted by atomic mass is 15.0. The van der Waals surface area contributed by atoms with Crippen LogP contribution < -0.4 is 5.73 Å². The molecule has 62 valence electrons. The van der Waals surface area contributed by atoms with E-state index in [1.54, 1.807) is 0 Å². The van der Waals surface area contributed by atoms with Crippen molar-refractivity contribution in [2.75, 3.05) is 6.54 Å². The third kappa shape index (κ3) is 2.35. The Labute approximate surface area is 67.2 Å². The molecular formula is C8H15N3. The van der Waals surface area contributed by atoms with Crippen LogP contribution in [0.4, 0.5) is 0 Å². The van der Waals surface area contributed by atoms with Gasteiger partial charge in [-0.2, -0.15) is 0 Å². The van der Waals surface area contributed by atoms with Crippen molar-refractivity contribution in [3.8, 4) is 0 Å². The Hall–Kier alpha value is -0.830. The highest BCUT2D eigenvalue weighted by molar-refractivity contribution is 4.96. The van der Waals surface area contributed by atoms with E-state index in [0.717, 1.165) is 31.6 Å². The summed E-state index contributed by atoms with van der Waals surface area (Å²) in [6, 6.07) is 0. The van der Waals surface area contributed by atoms with Gasteiger partial charge in [-0.05, 0) is 26.3 Å². The Morgan fingerprint density at radius 1 is 1.64 bits per heavy atom. The summed E-state index contributed by atoms with van der Waals surface area (Å²) in [6.07, 6.45) is 5.98. The van der Waals surface area contributed by atoms with Crippen LogP contribution in [-0.2, 0) is 13.0 Å². The minimum absolute atomic E-state index is 0.749. The molecule has 0 aliphatic heterocycles. The Balaban J connectivity index is 2.44. The molecule has 11 heavy (non-hydrogen) atoms. The topological polar surface area (TPSA) is 43.8 Å². The second kappa shape index (κ2) is 4.13. The average Bonchev–Trinajstić information content (AvgIpc) is 2.48. The summed E-state index contributed by atoms with van der Waals surface area (Å²) in [5, 5.41) is 0. The number of hydrogen-bond donors (Lipinski definition) is 1. The summed E-state index contributed by atoms with van der Waals surface area (Å²) in [4.78, 5) is 4.23. The summed E-state index contributed by atoms with van der Waals surface area (Å²) >= 11 is 0. The van der Waals surface area contributed by atoms with Gasteiger partial charge < -0.3 is 10.3 Å². The molecule has 0 unspecified atom stereocenters. The number of nitrogens with two attached hydrogens (primary N) is 1. The van der Waals surface area contributed by atoms with Gasteiger partial charge in [0.05, 0.1) is 12.0 Å². The maximum atomic E-state index is 5.38. The molecule has 1 aromatic rings. The van der Waals surface area contributed by atoms with Crippen molar-refractivity contribution in [2.24, 2.45) is 5.73 Å². The van der Waals surface area contributed by atoms with E-state index >= 15 is 0 Å². The lowest BCUT2D eigenvalue weighted by atomic mass is 10.2. The largest absolute Gasteiger partial charge is 0.337 e. The van der Waals surface area contributed by atoms with Crippen molar-refractivity contribution in [1.82, 2.24) is 9.55 Å². The smallest absolute Gasteiger partial charge is 0.0949 e. The Bertz CT molecular complexity index is 205. The SMILES string of the molecule is CCn1cnc(CCCN)c1. The predicted molar refractivity (Wildman–Crippen MR) is 45.3 cm³/mol. The quantitative estimate of drug-likeness (QED) is 0.695. The highest BCUT2D eigenvalue weighted by Crippen LogP contribution is 1.98. The predicted octanol–water partition coefficient (Wildman–Crippen LogP) is 0.794. The van der Waals surface area contributed by atoms with Gasteiger partial charge in [-0.1, -0.05) is 0 Å². The highest BCUT2D eigenvalue weighted by Gasteiger charge is 1.95. The molecule has 3 nitrogen and oxygen atoms in total. The maximum absolute atomic E-state index is 5.38. The number of rotatable bonds is 4. The molecule has 0 aliphatic carbocycles. The molecule has 0 fully saturated rings. The molecule has 0 spiro atoms. The molecule has 3 heteroatoms. The first kappa shape index (κ1) is 8.27. The van der Waals surface area contributed by atoms with Crippen LogP contribution in [0.1, 0.15) is 19.0 Å². The maximum Gasteiger partial charge on any atom is 0.0949 e. The first-order valence-electron chi connectivity index (χ1n) is 4.07. The fourth-order valence-electron chi connectivity index (χ4n) is 0.992. The van der Waals surface area contributed by atoms with Gasteiger partial charge in [0.2, 0.25) is 0 Å². The molecule has 0 bridgehead atoms. The standard InChI is InChI=1S/C8H15N3/c1-2-11-6-8(10-7-11)4-3-5-9/h6-7H,2-5,9H2,1H3. The summed E-state index contributed by atoms with van der Waals surface area (Å²) in [6.45, 7) is 3.85. The molecule has 0 saturated carbocycles. The number of nitrogens with zero attached hydrogens (tertiary/aromatic N) is 2. The lowest BCUT2D eigenvalue weighted by Gasteiger charge is -1.92. The summed E-state index contributed by atoms with van der Waals surface area (Å²) < 4.78 is 2.08. The molecule has 0 saturated heterocycles. The summed E-state index contributed by atoms with van der Waals surface area (Å²) in [5.74, 6) is 0. The minimum Gasteiger partial charge on any atom is -0.337 e. The number of imidazole rings is 1. The molecule has 0 aliphatic rings. The Morgan fingerprint density at radius 2 is 2.45 bits per heavy atom.